The third kappa shape index (κ3) is 5.39. The molecule has 4 atom stereocenters. The van der Waals surface area contributed by atoms with Gasteiger partial charge in [-0.1, -0.05) is 17.4 Å². The Morgan fingerprint density at radius 3 is 2.59 bits per heavy atom. The molecule has 3 fully saturated rings. The zero-order valence-electron chi connectivity index (χ0n) is 21.2. The Bertz CT molecular complexity index is 1200. The lowest BCUT2D eigenvalue weighted by atomic mass is 9.70. The van der Waals surface area contributed by atoms with E-state index in [1.807, 2.05) is 19.0 Å². The highest BCUT2D eigenvalue weighted by molar-refractivity contribution is 7.89. The molecule has 2 aromatic rings. The third-order valence-corrected chi connectivity index (χ3v) is 11.2. The SMILES string of the molecule is CN(C)c1nnc(CCC[C@@H]2[C@H]3CCCN4CCC[C@@H](CN2S(=O)(=O)c2cccc(C(F)(F)F)c2)[C@@H]34)s1. The minimum Gasteiger partial charge on any atom is -0.353 e. The lowest BCUT2D eigenvalue weighted by molar-refractivity contribution is -0.137. The summed E-state index contributed by atoms with van der Waals surface area (Å²) in [5.41, 5.74) is -0.936. The molecule has 3 aliphatic heterocycles. The Labute approximate surface area is 220 Å². The van der Waals surface area contributed by atoms with Crippen LogP contribution in [0.2, 0.25) is 0 Å². The Balaban J connectivity index is 1.43. The van der Waals surface area contributed by atoms with Gasteiger partial charge in [-0.05, 0) is 81.6 Å². The molecule has 3 aliphatic rings. The molecule has 0 N–H and O–H groups in total. The number of rotatable bonds is 7. The fourth-order valence-corrected chi connectivity index (χ4v) is 9.15. The highest BCUT2D eigenvalue weighted by Gasteiger charge is 2.51. The number of nitrogens with zero attached hydrogens (tertiary/aromatic N) is 5. The zero-order valence-corrected chi connectivity index (χ0v) is 22.8. The van der Waals surface area contributed by atoms with E-state index in [0.717, 1.165) is 67.5 Å². The zero-order chi connectivity index (χ0) is 26.4. The number of hydrogen-bond donors (Lipinski definition) is 0. The maximum Gasteiger partial charge on any atom is 0.416 e. The third-order valence-electron chi connectivity index (χ3n) is 8.12. The summed E-state index contributed by atoms with van der Waals surface area (Å²) in [6.45, 7) is 2.45. The van der Waals surface area contributed by atoms with Gasteiger partial charge in [0.05, 0.1) is 10.5 Å². The van der Waals surface area contributed by atoms with E-state index < -0.39 is 21.8 Å². The number of piperidine rings is 3. The van der Waals surface area contributed by atoms with Gasteiger partial charge in [-0.2, -0.15) is 17.5 Å². The highest BCUT2D eigenvalue weighted by Crippen LogP contribution is 2.45. The van der Waals surface area contributed by atoms with Crippen LogP contribution in [-0.2, 0) is 22.6 Å². The van der Waals surface area contributed by atoms with Crippen molar-refractivity contribution in [1.29, 1.82) is 0 Å². The quantitative estimate of drug-likeness (QED) is 0.499. The summed E-state index contributed by atoms with van der Waals surface area (Å²) in [4.78, 5) is 4.18. The van der Waals surface area contributed by atoms with E-state index in [9.17, 15) is 21.6 Å². The van der Waals surface area contributed by atoms with Crippen LogP contribution in [0.4, 0.5) is 18.3 Å². The summed E-state index contributed by atoms with van der Waals surface area (Å²) in [7, 11) is -0.270. The lowest BCUT2D eigenvalue weighted by Gasteiger charge is -2.57. The van der Waals surface area contributed by atoms with Gasteiger partial charge in [0.25, 0.3) is 0 Å². The van der Waals surface area contributed by atoms with Gasteiger partial charge in [-0.25, -0.2) is 8.42 Å². The number of aromatic nitrogens is 2. The minimum atomic E-state index is -4.60. The average molecular weight is 558 g/mol. The number of hydrogen-bond acceptors (Lipinski definition) is 7. The van der Waals surface area contributed by atoms with Crippen molar-refractivity contribution in [2.75, 3.05) is 38.6 Å². The molecule has 0 radical (unpaired) electrons. The molecular weight excluding hydrogens is 523 g/mol. The molecule has 0 unspecified atom stereocenters. The molecule has 0 saturated carbocycles. The average Bonchev–Trinajstić information content (AvgIpc) is 3.34. The smallest absolute Gasteiger partial charge is 0.353 e. The van der Waals surface area contributed by atoms with Gasteiger partial charge in [0.15, 0.2) is 0 Å². The van der Waals surface area contributed by atoms with E-state index in [4.69, 9.17) is 0 Å². The van der Waals surface area contributed by atoms with Gasteiger partial charge in [-0.15, -0.1) is 10.2 Å². The van der Waals surface area contributed by atoms with E-state index in [-0.39, 0.29) is 22.8 Å². The molecule has 0 aliphatic carbocycles. The van der Waals surface area contributed by atoms with E-state index in [0.29, 0.717) is 25.4 Å². The van der Waals surface area contributed by atoms with Crippen molar-refractivity contribution in [1.82, 2.24) is 19.4 Å². The first-order valence-electron chi connectivity index (χ1n) is 13.0. The normalized spacial score (nSPS) is 27.2. The van der Waals surface area contributed by atoms with Gasteiger partial charge in [-0.3, -0.25) is 4.90 Å². The van der Waals surface area contributed by atoms with Gasteiger partial charge in [0.1, 0.15) is 5.01 Å². The van der Waals surface area contributed by atoms with Crippen LogP contribution in [0.15, 0.2) is 29.2 Å². The van der Waals surface area contributed by atoms with Crippen molar-refractivity contribution in [3.05, 3.63) is 34.8 Å². The summed E-state index contributed by atoms with van der Waals surface area (Å²) in [6, 6.07) is 4.30. The molecule has 1 aromatic heterocycles. The summed E-state index contributed by atoms with van der Waals surface area (Å²) in [5, 5.41) is 10.2. The second-order valence-electron chi connectivity index (χ2n) is 10.7. The maximum absolute atomic E-state index is 13.9. The van der Waals surface area contributed by atoms with Crippen molar-refractivity contribution in [3.63, 3.8) is 0 Å². The molecule has 0 bridgehead atoms. The molecule has 5 rings (SSSR count). The van der Waals surface area contributed by atoms with Crippen molar-refractivity contribution in [2.24, 2.45) is 11.8 Å². The first-order valence-corrected chi connectivity index (χ1v) is 15.2. The Morgan fingerprint density at radius 2 is 1.89 bits per heavy atom. The number of alkyl halides is 3. The van der Waals surface area contributed by atoms with Crippen LogP contribution in [0.5, 0.6) is 0 Å². The summed E-state index contributed by atoms with van der Waals surface area (Å²) < 4.78 is 69.7. The lowest BCUT2D eigenvalue weighted by Crippen LogP contribution is -2.65. The monoisotopic (exact) mass is 557 g/mol. The van der Waals surface area contributed by atoms with E-state index in [1.54, 1.807) is 4.31 Å². The highest BCUT2D eigenvalue weighted by atomic mass is 32.2. The minimum absolute atomic E-state index is 0.181. The van der Waals surface area contributed by atoms with Gasteiger partial charge in [0.2, 0.25) is 15.2 Å². The molecule has 37 heavy (non-hydrogen) atoms. The van der Waals surface area contributed by atoms with Crippen molar-refractivity contribution >= 4 is 26.5 Å². The molecule has 4 heterocycles. The molecule has 0 spiro atoms. The topological polar surface area (TPSA) is 69.6 Å². The number of anilines is 1. The van der Waals surface area contributed by atoms with Crippen LogP contribution in [-0.4, -0.2) is 73.6 Å². The standard InChI is InChI=1S/C25H34F3N5O2S2/c1-31(2)24-30-29-22(36-24)12-4-11-21-20-10-6-14-32-13-5-7-17(23(20)32)16-33(21)37(34,35)19-9-3-8-18(15-19)25(26,27)28/h3,8-9,15,17,20-21,23H,4-7,10-14,16H2,1-2H3/t17-,20+,21+,23-/m0/s1. The summed E-state index contributed by atoms with van der Waals surface area (Å²) in [6.07, 6.45) is 1.44. The summed E-state index contributed by atoms with van der Waals surface area (Å²) >= 11 is 1.53. The fraction of sp³-hybridized carbons (Fsp3) is 0.680. The van der Waals surface area contributed by atoms with Crippen LogP contribution >= 0.6 is 11.3 Å². The van der Waals surface area contributed by atoms with E-state index >= 15 is 0 Å². The first-order chi connectivity index (χ1) is 17.6. The van der Waals surface area contributed by atoms with Crippen molar-refractivity contribution in [2.45, 2.75) is 68.1 Å². The van der Waals surface area contributed by atoms with Crippen LogP contribution in [0, 0.1) is 11.8 Å². The second-order valence-corrected chi connectivity index (χ2v) is 13.6. The molecular formula is C25H34F3N5O2S2. The Kier molecular flexibility index (Phi) is 7.56. The second kappa shape index (κ2) is 10.4. The number of aryl methyl sites for hydroxylation is 1. The van der Waals surface area contributed by atoms with E-state index in [1.165, 1.54) is 23.5 Å². The predicted octanol–water partition coefficient (Wildman–Crippen LogP) is 4.51. The van der Waals surface area contributed by atoms with Gasteiger partial charge < -0.3 is 4.90 Å². The molecule has 7 nitrogen and oxygen atoms in total. The van der Waals surface area contributed by atoms with Crippen LogP contribution in [0.25, 0.3) is 0 Å². The number of benzene rings is 1. The molecule has 204 valence electrons. The predicted molar refractivity (Wildman–Crippen MR) is 137 cm³/mol. The number of sulfonamides is 1. The molecule has 1 aromatic carbocycles. The molecule has 12 heteroatoms. The Hall–Kier alpha value is -1.76. The largest absolute Gasteiger partial charge is 0.416 e. The first kappa shape index (κ1) is 26.8. The van der Waals surface area contributed by atoms with Gasteiger partial charge in [0, 0.05) is 39.1 Å². The van der Waals surface area contributed by atoms with Crippen molar-refractivity contribution in [3.8, 4) is 0 Å². The molecule has 3 saturated heterocycles. The van der Waals surface area contributed by atoms with Crippen LogP contribution < -0.4 is 4.90 Å². The van der Waals surface area contributed by atoms with Gasteiger partial charge >= 0.3 is 6.18 Å². The molecule has 0 amide bonds. The maximum atomic E-state index is 13.9. The summed E-state index contributed by atoms with van der Waals surface area (Å²) in [5.74, 6) is 0.391. The van der Waals surface area contributed by atoms with Crippen molar-refractivity contribution < 1.29 is 21.6 Å². The number of halogens is 3. The fourth-order valence-electron chi connectivity index (χ4n) is 6.55. The van der Waals surface area contributed by atoms with E-state index in [2.05, 4.69) is 15.1 Å². The van der Waals surface area contributed by atoms with Crippen LogP contribution in [0.1, 0.15) is 49.1 Å². The van der Waals surface area contributed by atoms with Crippen LogP contribution in [0.3, 0.4) is 0 Å². The Morgan fingerprint density at radius 1 is 1.14 bits per heavy atom.